The standard InChI is InChI=1S/C18H19NO5/c1-22-12-8-4-3-6-10(12)14-15-11(20)7-5-9-13(15)24-17(19)16(14)18(21)23-2/h3-4,6,8,14H,5,7,9,19H2,1-2H3/t14-/m1/s1. The van der Waals surface area contributed by atoms with Gasteiger partial charge in [0.15, 0.2) is 5.78 Å². The van der Waals surface area contributed by atoms with E-state index < -0.39 is 11.9 Å². The van der Waals surface area contributed by atoms with Gasteiger partial charge in [0.25, 0.3) is 0 Å². The van der Waals surface area contributed by atoms with Crippen LogP contribution in [-0.2, 0) is 19.1 Å². The van der Waals surface area contributed by atoms with E-state index in [1.807, 2.05) is 18.2 Å². The average Bonchev–Trinajstić information content (AvgIpc) is 2.60. The number of nitrogens with two attached hydrogens (primary N) is 1. The van der Waals surface area contributed by atoms with Gasteiger partial charge >= 0.3 is 5.97 Å². The molecule has 0 aromatic heterocycles. The van der Waals surface area contributed by atoms with E-state index in [2.05, 4.69) is 0 Å². The first kappa shape index (κ1) is 16.1. The predicted octanol–water partition coefficient (Wildman–Crippen LogP) is 2.16. The Hall–Kier alpha value is -2.76. The van der Waals surface area contributed by atoms with Crippen LogP contribution in [0.2, 0.25) is 0 Å². The first-order valence-electron chi connectivity index (χ1n) is 7.73. The molecule has 1 atom stereocenters. The van der Waals surface area contributed by atoms with Crippen molar-refractivity contribution in [2.45, 2.75) is 25.2 Å². The van der Waals surface area contributed by atoms with Gasteiger partial charge in [0, 0.05) is 24.0 Å². The molecule has 2 aliphatic rings. The number of ketones is 1. The highest BCUT2D eigenvalue weighted by Gasteiger charge is 2.42. The molecule has 1 heterocycles. The molecule has 2 N–H and O–H groups in total. The molecule has 1 aliphatic carbocycles. The Balaban J connectivity index is 2.24. The number of carbonyl (C=O) groups is 2. The van der Waals surface area contributed by atoms with Crippen molar-refractivity contribution in [3.05, 3.63) is 52.6 Å². The first-order valence-corrected chi connectivity index (χ1v) is 7.73. The molecular weight excluding hydrogens is 310 g/mol. The van der Waals surface area contributed by atoms with Gasteiger partial charge in [-0.3, -0.25) is 4.79 Å². The van der Waals surface area contributed by atoms with Crippen molar-refractivity contribution in [2.24, 2.45) is 5.73 Å². The summed E-state index contributed by atoms with van der Waals surface area (Å²) in [5.41, 5.74) is 7.29. The molecular formula is C18H19NO5. The summed E-state index contributed by atoms with van der Waals surface area (Å²) in [5, 5.41) is 0. The third-order valence-corrected chi connectivity index (χ3v) is 4.34. The third kappa shape index (κ3) is 2.54. The second-order valence-electron chi connectivity index (χ2n) is 5.66. The molecule has 0 amide bonds. The molecule has 24 heavy (non-hydrogen) atoms. The molecule has 126 valence electrons. The third-order valence-electron chi connectivity index (χ3n) is 4.34. The summed E-state index contributed by atoms with van der Waals surface area (Å²) < 4.78 is 15.9. The summed E-state index contributed by atoms with van der Waals surface area (Å²) in [6.45, 7) is 0. The quantitative estimate of drug-likeness (QED) is 0.855. The van der Waals surface area contributed by atoms with Crippen molar-refractivity contribution in [3.63, 3.8) is 0 Å². The van der Waals surface area contributed by atoms with E-state index in [-0.39, 0.29) is 17.2 Å². The SMILES string of the molecule is COC(=O)C1=C(N)OC2=C(C(=O)CCC2)[C@H]1c1ccccc1OC. The van der Waals surface area contributed by atoms with E-state index in [9.17, 15) is 9.59 Å². The highest BCUT2D eigenvalue weighted by atomic mass is 16.5. The lowest BCUT2D eigenvalue weighted by Crippen LogP contribution is -2.31. The number of para-hydroxylation sites is 1. The number of hydrogen-bond donors (Lipinski definition) is 1. The van der Waals surface area contributed by atoms with Gasteiger partial charge in [0.2, 0.25) is 5.88 Å². The van der Waals surface area contributed by atoms with Gasteiger partial charge in [-0.2, -0.15) is 0 Å². The summed E-state index contributed by atoms with van der Waals surface area (Å²) in [6.07, 6.45) is 1.74. The molecule has 0 radical (unpaired) electrons. The molecule has 0 fully saturated rings. The van der Waals surface area contributed by atoms with Crippen molar-refractivity contribution >= 4 is 11.8 Å². The Bertz CT molecular complexity index is 762. The predicted molar refractivity (Wildman–Crippen MR) is 85.9 cm³/mol. The number of Topliss-reactive ketones (excluding diaryl/α,β-unsaturated/α-hetero) is 1. The van der Waals surface area contributed by atoms with Gasteiger partial charge in [-0.25, -0.2) is 4.79 Å². The van der Waals surface area contributed by atoms with E-state index in [1.54, 1.807) is 13.2 Å². The Morgan fingerprint density at radius 2 is 2.00 bits per heavy atom. The number of ether oxygens (including phenoxy) is 3. The average molecular weight is 329 g/mol. The summed E-state index contributed by atoms with van der Waals surface area (Å²) in [4.78, 5) is 24.9. The van der Waals surface area contributed by atoms with Crippen molar-refractivity contribution in [2.75, 3.05) is 14.2 Å². The van der Waals surface area contributed by atoms with Crippen molar-refractivity contribution in [1.82, 2.24) is 0 Å². The van der Waals surface area contributed by atoms with Gasteiger partial charge in [-0.1, -0.05) is 18.2 Å². The van der Waals surface area contributed by atoms with Crippen LogP contribution >= 0.6 is 0 Å². The minimum atomic E-state index is -0.648. The lowest BCUT2D eigenvalue weighted by Gasteiger charge is -2.32. The fraction of sp³-hybridized carbons (Fsp3) is 0.333. The molecule has 0 saturated carbocycles. The molecule has 0 bridgehead atoms. The van der Waals surface area contributed by atoms with Gasteiger partial charge in [-0.05, 0) is 12.5 Å². The van der Waals surface area contributed by atoms with Crippen molar-refractivity contribution in [3.8, 4) is 5.75 Å². The molecule has 0 spiro atoms. The Morgan fingerprint density at radius 1 is 1.25 bits per heavy atom. The Kier molecular flexibility index (Phi) is 4.29. The number of esters is 1. The van der Waals surface area contributed by atoms with Crippen LogP contribution in [0.5, 0.6) is 5.75 Å². The largest absolute Gasteiger partial charge is 0.496 e. The second-order valence-corrected chi connectivity index (χ2v) is 5.66. The fourth-order valence-electron chi connectivity index (χ4n) is 3.28. The van der Waals surface area contributed by atoms with Crippen LogP contribution < -0.4 is 10.5 Å². The normalized spacial score (nSPS) is 20.4. The number of carbonyl (C=O) groups excluding carboxylic acids is 2. The van der Waals surface area contributed by atoms with Crippen molar-refractivity contribution < 1.29 is 23.8 Å². The van der Waals surface area contributed by atoms with Gasteiger partial charge < -0.3 is 19.9 Å². The maximum atomic E-state index is 12.6. The zero-order valence-corrected chi connectivity index (χ0v) is 13.6. The van der Waals surface area contributed by atoms with E-state index >= 15 is 0 Å². The Morgan fingerprint density at radius 3 is 2.71 bits per heavy atom. The Labute approximate surface area is 139 Å². The molecule has 1 aromatic rings. The summed E-state index contributed by atoms with van der Waals surface area (Å²) in [6, 6.07) is 7.25. The number of methoxy groups -OCH3 is 2. The summed E-state index contributed by atoms with van der Waals surface area (Å²) in [5.74, 6) is -0.220. The molecule has 1 aromatic carbocycles. The number of rotatable bonds is 3. The lowest BCUT2D eigenvalue weighted by atomic mass is 9.77. The minimum Gasteiger partial charge on any atom is -0.496 e. The summed E-state index contributed by atoms with van der Waals surface area (Å²) in [7, 11) is 2.81. The van der Waals surface area contributed by atoms with E-state index in [1.165, 1.54) is 7.11 Å². The van der Waals surface area contributed by atoms with Crippen LogP contribution in [0.25, 0.3) is 0 Å². The van der Waals surface area contributed by atoms with Crippen LogP contribution in [0.1, 0.15) is 30.7 Å². The smallest absolute Gasteiger partial charge is 0.340 e. The topological polar surface area (TPSA) is 87.9 Å². The monoisotopic (exact) mass is 329 g/mol. The molecule has 3 rings (SSSR count). The summed E-state index contributed by atoms with van der Waals surface area (Å²) >= 11 is 0. The maximum absolute atomic E-state index is 12.6. The molecule has 0 saturated heterocycles. The van der Waals surface area contributed by atoms with Gasteiger partial charge in [0.05, 0.1) is 20.1 Å². The highest BCUT2D eigenvalue weighted by molar-refractivity contribution is 6.03. The lowest BCUT2D eigenvalue weighted by molar-refractivity contribution is -0.136. The van der Waals surface area contributed by atoms with Crippen LogP contribution in [0.3, 0.4) is 0 Å². The zero-order chi connectivity index (χ0) is 17.3. The fourth-order valence-corrected chi connectivity index (χ4v) is 3.28. The minimum absolute atomic E-state index is 0.0220. The maximum Gasteiger partial charge on any atom is 0.340 e. The van der Waals surface area contributed by atoms with Crippen molar-refractivity contribution in [1.29, 1.82) is 0 Å². The van der Waals surface area contributed by atoms with Crippen LogP contribution in [-0.4, -0.2) is 26.0 Å². The number of hydrogen-bond acceptors (Lipinski definition) is 6. The molecule has 6 heteroatoms. The molecule has 1 aliphatic heterocycles. The van der Waals surface area contributed by atoms with Crippen LogP contribution in [0.15, 0.2) is 47.1 Å². The van der Waals surface area contributed by atoms with E-state index in [0.717, 1.165) is 0 Å². The second kappa shape index (κ2) is 6.39. The number of benzene rings is 1. The van der Waals surface area contributed by atoms with E-state index in [4.69, 9.17) is 19.9 Å². The zero-order valence-electron chi connectivity index (χ0n) is 13.6. The van der Waals surface area contributed by atoms with Crippen LogP contribution in [0.4, 0.5) is 0 Å². The first-order chi connectivity index (χ1) is 11.6. The molecule has 0 unspecified atom stereocenters. The van der Waals surface area contributed by atoms with Gasteiger partial charge in [-0.15, -0.1) is 0 Å². The van der Waals surface area contributed by atoms with E-state index in [0.29, 0.717) is 41.9 Å². The number of allylic oxidation sites excluding steroid dienone is 2. The molecule has 6 nitrogen and oxygen atoms in total. The van der Waals surface area contributed by atoms with Crippen LogP contribution in [0, 0.1) is 0 Å². The van der Waals surface area contributed by atoms with Gasteiger partial charge in [0.1, 0.15) is 17.1 Å². The highest BCUT2D eigenvalue weighted by Crippen LogP contribution is 2.46.